The molecule has 1 unspecified atom stereocenters. The van der Waals surface area contributed by atoms with Crippen molar-refractivity contribution in [1.82, 2.24) is 14.9 Å². The van der Waals surface area contributed by atoms with E-state index in [0.29, 0.717) is 30.2 Å². The maximum Gasteiger partial charge on any atom is 0.278 e. The third kappa shape index (κ3) is 4.32. The summed E-state index contributed by atoms with van der Waals surface area (Å²) in [6.45, 7) is 8.76. The van der Waals surface area contributed by atoms with Gasteiger partial charge in [-0.25, -0.2) is 22.0 Å². The van der Waals surface area contributed by atoms with Gasteiger partial charge in [-0.3, -0.25) is 9.48 Å². The lowest BCUT2D eigenvalue weighted by Crippen LogP contribution is -2.27. The molecule has 6 nitrogen and oxygen atoms in total. The third-order valence-corrected chi connectivity index (χ3v) is 6.71. The van der Waals surface area contributed by atoms with Gasteiger partial charge < -0.3 is 9.84 Å². The number of halogens is 5. The van der Waals surface area contributed by atoms with Gasteiger partial charge in [-0.2, -0.15) is 5.10 Å². The summed E-state index contributed by atoms with van der Waals surface area (Å²) in [6, 6.07) is 0. The van der Waals surface area contributed by atoms with Gasteiger partial charge in [0, 0.05) is 12.0 Å². The van der Waals surface area contributed by atoms with E-state index in [1.54, 1.807) is 6.92 Å². The second-order valence-corrected chi connectivity index (χ2v) is 9.94. The number of aromatic nitrogens is 3. The maximum absolute atomic E-state index is 14.1. The number of carbonyl (C=O) groups excluding carboxylic acids is 1. The van der Waals surface area contributed by atoms with Crippen LogP contribution in [0.4, 0.5) is 27.6 Å². The average molecular weight is 496 g/mol. The second kappa shape index (κ2) is 8.76. The highest BCUT2D eigenvalue weighted by Gasteiger charge is 2.34. The fraction of sp³-hybridized carbons (Fsp3) is 0.458. The molecule has 1 aliphatic carbocycles. The Bertz CT molecular complexity index is 1290. The highest BCUT2D eigenvalue weighted by molar-refractivity contribution is 6.04. The molecule has 1 aliphatic rings. The van der Waals surface area contributed by atoms with E-state index >= 15 is 0 Å². The molecule has 1 atom stereocenters. The van der Waals surface area contributed by atoms with Gasteiger partial charge in [-0.1, -0.05) is 25.9 Å². The molecule has 0 fully saturated rings. The molecule has 0 aliphatic heterocycles. The van der Waals surface area contributed by atoms with Crippen molar-refractivity contribution in [3.63, 3.8) is 0 Å². The fourth-order valence-electron chi connectivity index (χ4n) is 4.46. The SMILES string of the molecule is Cc1nn(Cc2c(F)c(F)c(F)c(F)c2F)c(C)c1NC(=O)c1noc2c1CC(C(C)(C)C)CC2. The standard InChI is InChI=1S/C24H25F5N4O2/c1-10-21(11(2)33(31-10)9-14-16(25)18(27)20(29)19(28)17(14)26)30-23(34)22-13-8-12(24(3,4)5)6-7-15(13)35-32-22/h12H,6-9H2,1-5H3,(H,30,34). The number of anilines is 1. The fourth-order valence-corrected chi connectivity index (χ4v) is 4.46. The van der Waals surface area contributed by atoms with Crippen LogP contribution in [-0.2, 0) is 19.4 Å². The van der Waals surface area contributed by atoms with E-state index < -0.39 is 47.1 Å². The van der Waals surface area contributed by atoms with E-state index in [1.807, 2.05) is 0 Å². The molecule has 35 heavy (non-hydrogen) atoms. The molecule has 0 spiro atoms. The van der Waals surface area contributed by atoms with Gasteiger partial charge in [0.25, 0.3) is 5.91 Å². The van der Waals surface area contributed by atoms with Crippen molar-refractivity contribution in [2.75, 3.05) is 5.32 Å². The number of rotatable bonds is 4. The summed E-state index contributed by atoms with van der Waals surface area (Å²) in [7, 11) is 0. The molecule has 0 saturated heterocycles. The van der Waals surface area contributed by atoms with Crippen LogP contribution in [0, 0.1) is 54.3 Å². The molecule has 4 rings (SSSR count). The number of hydrogen-bond acceptors (Lipinski definition) is 4. The Kier molecular flexibility index (Phi) is 6.23. The number of nitrogens with one attached hydrogen (secondary N) is 1. The van der Waals surface area contributed by atoms with Crippen molar-refractivity contribution in [1.29, 1.82) is 0 Å². The lowest BCUT2D eigenvalue weighted by Gasteiger charge is -2.33. The van der Waals surface area contributed by atoms with Gasteiger partial charge in [-0.05, 0) is 38.0 Å². The molecule has 2 heterocycles. The van der Waals surface area contributed by atoms with Crippen molar-refractivity contribution in [2.24, 2.45) is 11.3 Å². The van der Waals surface area contributed by atoms with Crippen LogP contribution in [0.5, 0.6) is 0 Å². The molecule has 3 aromatic rings. The zero-order valence-corrected chi connectivity index (χ0v) is 20.0. The molecule has 1 amide bonds. The number of hydrogen-bond donors (Lipinski definition) is 1. The van der Waals surface area contributed by atoms with Crippen LogP contribution in [0.15, 0.2) is 4.52 Å². The highest BCUT2D eigenvalue weighted by atomic mass is 19.2. The molecular formula is C24H25F5N4O2. The molecular weight excluding hydrogens is 471 g/mol. The van der Waals surface area contributed by atoms with E-state index in [9.17, 15) is 26.7 Å². The van der Waals surface area contributed by atoms with E-state index in [-0.39, 0.29) is 22.5 Å². The number of fused-ring (bicyclic) bond motifs is 1. The minimum Gasteiger partial charge on any atom is -0.360 e. The summed E-state index contributed by atoms with van der Waals surface area (Å²) in [4.78, 5) is 13.1. The predicted octanol–water partition coefficient (Wildman–Crippen LogP) is 5.64. The maximum atomic E-state index is 14.1. The highest BCUT2D eigenvalue weighted by Crippen LogP contribution is 2.38. The first-order chi connectivity index (χ1) is 16.3. The molecule has 11 heteroatoms. The number of nitrogens with zero attached hydrogens (tertiary/aromatic N) is 3. The van der Waals surface area contributed by atoms with Crippen LogP contribution in [0.3, 0.4) is 0 Å². The smallest absolute Gasteiger partial charge is 0.278 e. The number of aryl methyl sites for hydroxylation is 2. The second-order valence-electron chi connectivity index (χ2n) is 9.94. The summed E-state index contributed by atoms with van der Waals surface area (Å²) in [5.41, 5.74) is 0.732. The van der Waals surface area contributed by atoms with Gasteiger partial charge in [0.05, 0.1) is 29.2 Å². The molecule has 0 radical (unpaired) electrons. The Morgan fingerprint density at radius 1 is 1.06 bits per heavy atom. The summed E-state index contributed by atoms with van der Waals surface area (Å²) in [6.07, 6.45) is 2.24. The summed E-state index contributed by atoms with van der Waals surface area (Å²) < 4.78 is 75.3. The van der Waals surface area contributed by atoms with Crippen LogP contribution in [0.2, 0.25) is 0 Å². The normalized spacial score (nSPS) is 15.9. The lowest BCUT2D eigenvalue weighted by atomic mass is 9.71. The molecule has 0 bridgehead atoms. The van der Waals surface area contributed by atoms with Crippen LogP contribution in [0.1, 0.15) is 66.0 Å². The number of benzene rings is 1. The number of amides is 1. The van der Waals surface area contributed by atoms with Gasteiger partial charge in [0.2, 0.25) is 5.82 Å². The van der Waals surface area contributed by atoms with Crippen LogP contribution in [0.25, 0.3) is 0 Å². The van der Waals surface area contributed by atoms with E-state index in [1.165, 1.54) is 6.92 Å². The quantitative estimate of drug-likeness (QED) is 0.289. The Morgan fingerprint density at radius 3 is 2.26 bits per heavy atom. The van der Waals surface area contributed by atoms with Crippen molar-refractivity contribution >= 4 is 11.6 Å². The van der Waals surface area contributed by atoms with Crippen molar-refractivity contribution in [3.05, 3.63) is 63.1 Å². The minimum atomic E-state index is -2.23. The summed E-state index contributed by atoms with van der Waals surface area (Å²) in [5, 5.41) is 10.8. The van der Waals surface area contributed by atoms with Crippen LogP contribution in [-0.4, -0.2) is 20.8 Å². The first-order valence-electron chi connectivity index (χ1n) is 11.1. The number of carbonyl (C=O) groups is 1. The van der Waals surface area contributed by atoms with E-state index in [0.717, 1.165) is 16.7 Å². The molecule has 2 aromatic heterocycles. The largest absolute Gasteiger partial charge is 0.360 e. The van der Waals surface area contributed by atoms with Gasteiger partial charge in [0.1, 0.15) is 5.76 Å². The Balaban J connectivity index is 1.61. The molecule has 0 saturated carbocycles. The van der Waals surface area contributed by atoms with E-state index in [2.05, 4.69) is 36.3 Å². The third-order valence-electron chi connectivity index (χ3n) is 6.71. The predicted molar refractivity (Wildman–Crippen MR) is 116 cm³/mol. The van der Waals surface area contributed by atoms with E-state index in [4.69, 9.17) is 4.52 Å². The lowest BCUT2D eigenvalue weighted by molar-refractivity contribution is 0.101. The first kappa shape index (κ1) is 24.9. The van der Waals surface area contributed by atoms with Gasteiger partial charge in [-0.15, -0.1) is 0 Å². The van der Waals surface area contributed by atoms with Crippen molar-refractivity contribution in [3.8, 4) is 0 Å². The Hall–Kier alpha value is -3.24. The molecule has 1 aromatic carbocycles. The molecule has 1 N–H and O–H groups in total. The van der Waals surface area contributed by atoms with Gasteiger partial charge in [0.15, 0.2) is 29.0 Å². The van der Waals surface area contributed by atoms with Gasteiger partial charge >= 0.3 is 0 Å². The Morgan fingerprint density at radius 2 is 1.66 bits per heavy atom. The Labute approximate surface area is 198 Å². The monoisotopic (exact) mass is 496 g/mol. The zero-order valence-electron chi connectivity index (χ0n) is 20.0. The van der Waals surface area contributed by atoms with Crippen LogP contribution >= 0.6 is 0 Å². The average Bonchev–Trinajstić information content (AvgIpc) is 3.34. The van der Waals surface area contributed by atoms with Crippen molar-refractivity contribution < 1.29 is 31.3 Å². The zero-order chi connectivity index (χ0) is 25.8. The summed E-state index contributed by atoms with van der Waals surface area (Å²) in [5.74, 6) is -9.66. The molecule has 188 valence electrons. The van der Waals surface area contributed by atoms with Crippen LogP contribution < -0.4 is 5.32 Å². The minimum absolute atomic E-state index is 0.0425. The summed E-state index contributed by atoms with van der Waals surface area (Å²) >= 11 is 0. The van der Waals surface area contributed by atoms with Crippen molar-refractivity contribution in [2.45, 2.75) is 60.4 Å². The first-order valence-corrected chi connectivity index (χ1v) is 11.1. The topological polar surface area (TPSA) is 73.0 Å².